The maximum atomic E-state index is 4.51. The first kappa shape index (κ1) is 15.7. The molecule has 1 N–H and O–H groups in total. The van der Waals surface area contributed by atoms with Gasteiger partial charge in [-0.3, -0.25) is 0 Å². The SMILES string of the molecule is CCc1cnc(C(C)Nc2ncnc3c2cnn3-c2ccccc2)s1. The predicted molar refractivity (Wildman–Crippen MR) is 100 cm³/mol. The molecule has 1 atom stereocenters. The Labute approximate surface area is 149 Å². The fourth-order valence-corrected chi connectivity index (χ4v) is 3.53. The highest BCUT2D eigenvalue weighted by molar-refractivity contribution is 7.11. The Morgan fingerprint density at radius 3 is 2.72 bits per heavy atom. The molecule has 0 spiro atoms. The van der Waals surface area contributed by atoms with E-state index in [1.807, 2.05) is 41.2 Å². The number of fused-ring (bicyclic) bond motifs is 1. The molecule has 0 amide bonds. The number of para-hydroxylation sites is 1. The van der Waals surface area contributed by atoms with Crippen LogP contribution in [-0.4, -0.2) is 24.7 Å². The Bertz CT molecular complexity index is 991. The van der Waals surface area contributed by atoms with E-state index in [9.17, 15) is 0 Å². The number of anilines is 1. The van der Waals surface area contributed by atoms with Gasteiger partial charge in [-0.05, 0) is 25.5 Å². The Morgan fingerprint density at radius 2 is 1.96 bits per heavy atom. The third kappa shape index (κ3) is 2.98. The zero-order valence-electron chi connectivity index (χ0n) is 14.0. The summed E-state index contributed by atoms with van der Waals surface area (Å²) in [4.78, 5) is 14.6. The highest BCUT2D eigenvalue weighted by atomic mass is 32.1. The van der Waals surface area contributed by atoms with E-state index in [4.69, 9.17) is 0 Å². The summed E-state index contributed by atoms with van der Waals surface area (Å²) in [5.74, 6) is 0.771. The minimum atomic E-state index is 0.0727. The minimum Gasteiger partial charge on any atom is -0.360 e. The van der Waals surface area contributed by atoms with Gasteiger partial charge in [0.15, 0.2) is 5.65 Å². The van der Waals surface area contributed by atoms with E-state index < -0.39 is 0 Å². The van der Waals surface area contributed by atoms with Gasteiger partial charge >= 0.3 is 0 Å². The van der Waals surface area contributed by atoms with Gasteiger partial charge in [-0.2, -0.15) is 5.10 Å². The number of nitrogens with zero attached hydrogens (tertiary/aromatic N) is 5. The van der Waals surface area contributed by atoms with Crippen LogP contribution in [-0.2, 0) is 6.42 Å². The highest BCUT2D eigenvalue weighted by Gasteiger charge is 2.15. The zero-order valence-corrected chi connectivity index (χ0v) is 14.9. The van der Waals surface area contributed by atoms with Gasteiger partial charge in [-0.25, -0.2) is 19.6 Å². The standard InChI is InChI=1S/C18H18N6S/c1-3-14-9-19-18(25-14)12(2)23-16-15-10-22-24(17(15)21-11-20-16)13-7-5-4-6-8-13/h4-12H,3H2,1-2H3,(H,20,21,23). The van der Waals surface area contributed by atoms with Crippen LogP contribution in [0.4, 0.5) is 5.82 Å². The molecule has 3 heterocycles. The van der Waals surface area contributed by atoms with Gasteiger partial charge in [0.2, 0.25) is 0 Å². The lowest BCUT2D eigenvalue weighted by Gasteiger charge is -2.12. The van der Waals surface area contributed by atoms with Crippen LogP contribution >= 0.6 is 11.3 Å². The number of hydrogen-bond acceptors (Lipinski definition) is 6. The second-order valence-corrected chi connectivity index (χ2v) is 6.88. The quantitative estimate of drug-likeness (QED) is 0.589. The number of rotatable bonds is 5. The van der Waals surface area contributed by atoms with Gasteiger partial charge in [0.05, 0.1) is 23.3 Å². The summed E-state index contributed by atoms with van der Waals surface area (Å²) in [5.41, 5.74) is 1.76. The van der Waals surface area contributed by atoms with Gasteiger partial charge in [0.1, 0.15) is 17.2 Å². The molecule has 0 fully saturated rings. The molecule has 1 unspecified atom stereocenters. The van der Waals surface area contributed by atoms with Crippen LogP contribution in [0.1, 0.15) is 29.8 Å². The van der Waals surface area contributed by atoms with Crippen molar-refractivity contribution in [1.29, 1.82) is 0 Å². The molecular formula is C18H18N6S. The van der Waals surface area contributed by atoms with Crippen LogP contribution in [0.2, 0.25) is 0 Å². The second-order valence-electron chi connectivity index (χ2n) is 5.74. The Hall–Kier alpha value is -2.80. The van der Waals surface area contributed by atoms with Gasteiger partial charge in [-0.1, -0.05) is 25.1 Å². The summed E-state index contributed by atoms with van der Waals surface area (Å²) >= 11 is 1.73. The van der Waals surface area contributed by atoms with Gasteiger partial charge in [0.25, 0.3) is 0 Å². The van der Waals surface area contributed by atoms with Gasteiger partial charge < -0.3 is 5.32 Å². The normalized spacial score (nSPS) is 12.4. The van der Waals surface area contributed by atoms with Crippen molar-refractivity contribution in [3.05, 3.63) is 58.9 Å². The smallest absolute Gasteiger partial charge is 0.168 e. The predicted octanol–water partition coefficient (Wildman–Crippen LogP) is 4.01. The molecule has 1 aromatic carbocycles. The molecule has 3 aromatic heterocycles. The molecule has 126 valence electrons. The molecule has 0 aliphatic rings. The number of hydrogen-bond donors (Lipinski definition) is 1. The number of nitrogens with one attached hydrogen (secondary N) is 1. The maximum Gasteiger partial charge on any atom is 0.168 e. The number of thiazole rings is 1. The minimum absolute atomic E-state index is 0.0727. The molecule has 4 aromatic rings. The van der Waals surface area contributed by atoms with Crippen molar-refractivity contribution >= 4 is 28.2 Å². The van der Waals surface area contributed by atoms with E-state index in [2.05, 4.69) is 39.2 Å². The lowest BCUT2D eigenvalue weighted by Crippen LogP contribution is -2.08. The first-order valence-corrected chi connectivity index (χ1v) is 9.03. The number of aryl methyl sites for hydroxylation is 1. The molecule has 6 nitrogen and oxygen atoms in total. The zero-order chi connectivity index (χ0) is 17.2. The monoisotopic (exact) mass is 350 g/mol. The maximum absolute atomic E-state index is 4.51. The second kappa shape index (κ2) is 6.60. The van der Waals surface area contributed by atoms with E-state index in [1.165, 1.54) is 4.88 Å². The largest absolute Gasteiger partial charge is 0.360 e. The molecule has 0 saturated carbocycles. The fourth-order valence-electron chi connectivity index (χ4n) is 2.67. The van der Waals surface area contributed by atoms with Crippen molar-refractivity contribution < 1.29 is 0 Å². The van der Waals surface area contributed by atoms with Crippen LogP contribution in [0.5, 0.6) is 0 Å². The lowest BCUT2D eigenvalue weighted by molar-refractivity contribution is 0.860. The lowest BCUT2D eigenvalue weighted by atomic mass is 10.3. The van der Waals surface area contributed by atoms with Crippen molar-refractivity contribution in [3.63, 3.8) is 0 Å². The molecule has 0 aliphatic carbocycles. The summed E-state index contributed by atoms with van der Waals surface area (Å²) in [6, 6.07) is 10.0. The summed E-state index contributed by atoms with van der Waals surface area (Å²) in [6.45, 7) is 4.23. The first-order valence-electron chi connectivity index (χ1n) is 8.21. The third-order valence-electron chi connectivity index (χ3n) is 4.01. The molecule has 0 bridgehead atoms. The van der Waals surface area contributed by atoms with Crippen molar-refractivity contribution in [2.75, 3.05) is 5.32 Å². The van der Waals surface area contributed by atoms with Crippen molar-refractivity contribution in [3.8, 4) is 5.69 Å². The van der Waals surface area contributed by atoms with Gasteiger partial charge in [0, 0.05) is 11.1 Å². The molecule has 0 radical (unpaired) electrons. The van der Waals surface area contributed by atoms with Gasteiger partial charge in [-0.15, -0.1) is 11.3 Å². The van der Waals surface area contributed by atoms with Crippen molar-refractivity contribution in [2.24, 2.45) is 0 Å². The molecule has 7 heteroatoms. The van der Waals surface area contributed by atoms with Crippen LogP contribution in [0.15, 0.2) is 49.1 Å². The van der Waals surface area contributed by atoms with Crippen LogP contribution < -0.4 is 5.32 Å². The van der Waals surface area contributed by atoms with E-state index in [1.54, 1.807) is 23.9 Å². The van der Waals surface area contributed by atoms with Crippen molar-refractivity contribution in [2.45, 2.75) is 26.3 Å². The first-order chi connectivity index (χ1) is 12.3. The van der Waals surface area contributed by atoms with Crippen molar-refractivity contribution in [1.82, 2.24) is 24.7 Å². The number of aromatic nitrogens is 5. The van der Waals surface area contributed by atoms with E-state index in [0.29, 0.717) is 0 Å². The average Bonchev–Trinajstić information content (AvgIpc) is 3.30. The Balaban J connectivity index is 1.67. The highest BCUT2D eigenvalue weighted by Crippen LogP contribution is 2.27. The molecule has 4 rings (SSSR count). The molecule has 0 saturated heterocycles. The van der Waals surface area contributed by atoms with E-state index in [-0.39, 0.29) is 6.04 Å². The van der Waals surface area contributed by atoms with E-state index >= 15 is 0 Å². The summed E-state index contributed by atoms with van der Waals surface area (Å²) in [6.07, 6.45) is 6.32. The summed E-state index contributed by atoms with van der Waals surface area (Å²) < 4.78 is 1.82. The Kier molecular flexibility index (Phi) is 4.15. The van der Waals surface area contributed by atoms with Crippen LogP contribution in [0.25, 0.3) is 16.7 Å². The molecule has 25 heavy (non-hydrogen) atoms. The van der Waals surface area contributed by atoms with Crippen LogP contribution in [0.3, 0.4) is 0 Å². The average molecular weight is 350 g/mol. The van der Waals surface area contributed by atoms with E-state index in [0.717, 1.165) is 34.0 Å². The molecular weight excluding hydrogens is 332 g/mol. The third-order valence-corrected chi connectivity index (χ3v) is 5.33. The summed E-state index contributed by atoms with van der Waals surface area (Å²) in [7, 11) is 0. The van der Waals surface area contributed by atoms with Crippen LogP contribution in [0, 0.1) is 0 Å². The number of benzene rings is 1. The Morgan fingerprint density at radius 1 is 1.12 bits per heavy atom. The topological polar surface area (TPSA) is 68.5 Å². The summed E-state index contributed by atoms with van der Waals surface area (Å²) in [5, 5.41) is 9.88. The fraction of sp³-hybridized carbons (Fsp3) is 0.222. The molecule has 0 aliphatic heterocycles.